The number of nitrogens with one attached hydrogen (secondary N) is 2. The van der Waals surface area contributed by atoms with E-state index in [9.17, 15) is 9.90 Å². The maximum Gasteiger partial charge on any atom is 0.307 e. The molecule has 0 spiro atoms. The van der Waals surface area contributed by atoms with Gasteiger partial charge in [-0.05, 0) is 66.8 Å². The molecule has 2 aliphatic rings. The Morgan fingerprint density at radius 3 is 2.25 bits per heavy atom. The number of H-pyrrole nitrogens is 2. The minimum absolute atomic E-state index is 0.114. The van der Waals surface area contributed by atoms with Crippen molar-refractivity contribution in [2.45, 2.75) is 6.42 Å². The molecule has 0 aliphatic carbocycles. The van der Waals surface area contributed by atoms with Gasteiger partial charge in [-0.2, -0.15) is 0 Å². The SMILES string of the molecule is O=C(O)Cc1c2nc(cc3nc(cc4ccc(cc5ccc1[nH]5)[nH]4)C=C3)C=C2. The lowest BCUT2D eigenvalue weighted by Crippen LogP contribution is -2.02. The summed E-state index contributed by atoms with van der Waals surface area (Å²) in [7, 11) is 0. The third-order valence-electron chi connectivity index (χ3n) is 4.66. The number of nitrogens with zero attached hydrogens (tertiary/aromatic N) is 2. The molecule has 0 unspecified atom stereocenters. The molecular weight excluding hydrogens is 352 g/mol. The van der Waals surface area contributed by atoms with E-state index >= 15 is 0 Å². The minimum Gasteiger partial charge on any atom is -0.481 e. The van der Waals surface area contributed by atoms with Gasteiger partial charge in [0, 0.05) is 27.6 Å². The Hall–Kier alpha value is -3.93. The van der Waals surface area contributed by atoms with Crippen LogP contribution in [-0.4, -0.2) is 31.0 Å². The summed E-state index contributed by atoms with van der Waals surface area (Å²) < 4.78 is 0. The quantitative estimate of drug-likeness (QED) is 0.433. The maximum absolute atomic E-state index is 11.4. The fourth-order valence-electron chi connectivity index (χ4n) is 3.41. The Balaban J connectivity index is 1.86. The van der Waals surface area contributed by atoms with Crippen LogP contribution in [0.15, 0.2) is 42.5 Å². The van der Waals surface area contributed by atoms with Gasteiger partial charge in [0.1, 0.15) is 0 Å². The van der Waals surface area contributed by atoms with E-state index in [4.69, 9.17) is 0 Å². The number of rotatable bonds is 2. The van der Waals surface area contributed by atoms with E-state index in [-0.39, 0.29) is 6.42 Å². The molecule has 8 bridgehead atoms. The first kappa shape index (κ1) is 16.3. The highest BCUT2D eigenvalue weighted by molar-refractivity contribution is 5.83. The number of carboxylic acid groups (broad SMARTS) is 1. The zero-order valence-electron chi connectivity index (χ0n) is 14.8. The van der Waals surface area contributed by atoms with Crippen molar-refractivity contribution in [3.8, 4) is 0 Å². The van der Waals surface area contributed by atoms with Crippen molar-refractivity contribution in [3.05, 3.63) is 70.8 Å². The van der Waals surface area contributed by atoms with Crippen molar-refractivity contribution in [2.24, 2.45) is 0 Å². The average molecular weight is 368 g/mol. The molecule has 5 heterocycles. The lowest BCUT2D eigenvalue weighted by Gasteiger charge is -1.98. The van der Waals surface area contributed by atoms with Gasteiger partial charge in [-0.1, -0.05) is 0 Å². The topological polar surface area (TPSA) is 94.7 Å². The predicted octanol–water partition coefficient (Wildman–Crippen LogP) is 4.28. The molecule has 0 fully saturated rings. The number of carboxylic acids is 1. The van der Waals surface area contributed by atoms with E-state index < -0.39 is 5.97 Å². The maximum atomic E-state index is 11.4. The standard InChI is InChI=1S/C22H16N4O2/c27-22(28)12-19-20-7-5-17(25-20)10-15-3-1-13(23-15)9-14-2-4-16(24-14)11-18-6-8-21(19)26-18/h1-11,23,25H,12H2,(H,27,28). The second-order valence-electron chi connectivity index (χ2n) is 6.73. The van der Waals surface area contributed by atoms with Crippen LogP contribution < -0.4 is 0 Å². The zero-order valence-corrected chi connectivity index (χ0v) is 14.8. The first-order valence-corrected chi connectivity index (χ1v) is 8.90. The monoisotopic (exact) mass is 368 g/mol. The van der Waals surface area contributed by atoms with Crippen molar-refractivity contribution in [1.29, 1.82) is 0 Å². The summed E-state index contributed by atoms with van der Waals surface area (Å²) in [6, 6.07) is 13.7. The molecular formula is C22H16N4O2. The van der Waals surface area contributed by atoms with Crippen LogP contribution >= 0.6 is 0 Å². The van der Waals surface area contributed by atoms with Crippen LogP contribution in [0.5, 0.6) is 0 Å². The van der Waals surface area contributed by atoms with Crippen molar-refractivity contribution in [2.75, 3.05) is 0 Å². The van der Waals surface area contributed by atoms with Gasteiger partial charge in [0.25, 0.3) is 0 Å². The van der Waals surface area contributed by atoms with Crippen LogP contribution in [0.1, 0.15) is 28.3 Å². The van der Waals surface area contributed by atoms with Gasteiger partial charge < -0.3 is 15.1 Å². The third-order valence-corrected chi connectivity index (χ3v) is 4.66. The molecule has 3 aromatic heterocycles. The molecule has 0 atom stereocenters. The smallest absolute Gasteiger partial charge is 0.307 e. The molecule has 0 amide bonds. The molecule has 28 heavy (non-hydrogen) atoms. The Morgan fingerprint density at radius 2 is 1.43 bits per heavy atom. The summed E-state index contributed by atoms with van der Waals surface area (Å²) in [5.74, 6) is -0.898. The fourth-order valence-corrected chi connectivity index (χ4v) is 3.41. The predicted molar refractivity (Wildman–Crippen MR) is 110 cm³/mol. The van der Waals surface area contributed by atoms with Crippen LogP contribution in [0, 0.1) is 0 Å². The van der Waals surface area contributed by atoms with Crippen LogP contribution in [-0.2, 0) is 11.2 Å². The van der Waals surface area contributed by atoms with E-state index in [1.807, 2.05) is 66.8 Å². The number of aromatic nitrogens is 4. The summed E-state index contributed by atoms with van der Waals surface area (Å²) in [5.41, 5.74) is 7.24. The molecule has 0 saturated heterocycles. The first-order chi connectivity index (χ1) is 13.6. The number of carbonyl (C=O) groups is 1. The van der Waals surface area contributed by atoms with Crippen molar-refractivity contribution in [3.63, 3.8) is 0 Å². The number of aliphatic carboxylic acids is 1. The second-order valence-corrected chi connectivity index (χ2v) is 6.73. The molecule has 5 rings (SSSR count). The largest absolute Gasteiger partial charge is 0.481 e. The van der Waals surface area contributed by atoms with Gasteiger partial charge in [0.05, 0.1) is 29.2 Å². The summed E-state index contributed by atoms with van der Waals surface area (Å²) in [4.78, 5) is 27.3. The molecule has 136 valence electrons. The van der Waals surface area contributed by atoms with E-state index in [2.05, 4.69) is 19.9 Å². The number of hydrogen-bond acceptors (Lipinski definition) is 3. The number of aromatic amines is 2. The number of hydrogen-bond donors (Lipinski definition) is 3. The normalized spacial score (nSPS) is 12.4. The Labute approximate surface area is 159 Å². The summed E-state index contributed by atoms with van der Waals surface area (Å²) in [6.07, 6.45) is 7.50. The lowest BCUT2D eigenvalue weighted by atomic mass is 10.1. The summed E-state index contributed by atoms with van der Waals surface area (Å²) in [6.45, 7) is 0. The van der Waals surface area contributed by atoms with Gasteiger partial charge in [-0.3, -0.25) is 4.79 Å². The van der Waals surface area contributed by atoms with Gasteiger partial charge >= 0.3 is 5.97 Å². The molecule has 3 N–H and O–H groups in total. The van der Waals surface area contributed by atoms with Crippen LogP contribution in [0.4, 0.5) is 0 Å². The van der Waals surface area contributed by atoms with E-state index in [0.29, 0.717) is 11.3 Å². The van der Waals surface area contributed by atoms with Gasteiger partial charge in [-0.15, -0.1) is 0 Å². The van der Waals surface area contributed by atoms with E-state index in [1.165, 1.54) is 0 Å². The molecule has 6 heteroatoms. The summed E-state index contributed by atoms with van der Waals surface area (Å²) in [5, 5.41) is 9.38. The van der Waals surface area contributed by atoms with Crippen LogP contribution in [0.2, 0.25) is 0 Å². The second kappa shape index (κ2) is 6.35. The Bertz CT molecular complexity index is 1330. The molecule has 0 aromatic carbocycles. The van der Waals surface area contributed by atoms with Gasteiger partial charge in [0.15, 0.2) is 0 Å². The molecule has 6 nitrogen and oxygen atoms in total. The van der Waals surface area contributed by atoms with Crippen molar-refractivity contribution in [1.82, 2.24) is 19.9 Å². The Kier molecular flexibility index (Phi) is 3.69. The summed E-state index contributed by atoms with van der Waals surface area (Å²) >= 11 is 0. The number of fused-ring (bicyclic) bond motifs is 8. The van der Waals surface area contributed by atoms with Gasteiger partial charge in [0.2, 0.25) is 0 Å². The molecule has 0 saturated carbocycles. The van der Waals surface area contributed by atoms with E-state index in [1.54, 1.807) is 0 Å². The van der Waals surface area contributed by atoms with Crippen molar-refractivity contribution >= 4 is 52.3 Å². The molecule has 0 radical (unpaired) electrons. The Morgan fingerprint density at radius 1 is 0.786 bits per heavy atom. The minimum atomic E-state index is -0.898. The van der Waals surface area contributed by atoms with Crippen LogP contribution in [0.25, 0.3) is 46.4 Å². The highest BCUT2D eigenvalue weighted by Gasteiger charge is 2.11. The fraction of sp³-hybridized carbons (Fsp3) is 0.0455. The first-order valence-electron chi connectivity index (χ1n) is 8.90. The van der Waals surface area contributed by atoms with Crippen LogP contribution in [0.3, 0.4) is 0 Å². The third kappa shape index (κ3) is 3.12. The highest BCUT2D eigenvalue weighted by Crippen LogP contribution is 2.21. The highest BCUT2D eigenvalue weighted by atomic mass is 16.4. The van der Waals surface area contributed by atoms with Crippen molar-refractivity contribution < 1.29 is 9.90 Å². The van der Waals surface area contributed by atoms with E-state index in [0.717, 1.165) is 39.1 Å². The average Bonchev–Trinajstić information content (AvgIpc) is 3.43. The molecule has 2 aliphatic heterocycles. The molecule has 3 aromatic rings. The zero-order chi connectivity index (χ0) is 19.1. The van der Waals surface area contributed by atoms with Gasteiger partial charge in [-0.25, -0.2) is 9.97 Å². The lowest BCUT2D eigenvalue weighted by molar-refractivity contribution is -0.136.